The van der Waals surface area contributed by atoms with Crippen LogP contribution in [0.1, 0.15) is 10.4 Å². The van der Waals surface area contributed by atoms with Gasteiger partial charge in [0.2, 0.25) is 0 Å². The lowest BCUT2D eigenvalue weighted by molar-refractivity contribution is -0.119. The molecule has 0 atom stereocenters. The first-order chi connectivity index (χ1) is 14.7. The molecular formula is C23H19NO6. The van der Waals surface area contributed by atoms with Crippen molar-refractivity contribution in [3.05, 3.63) is 78.4 Å². The summed E-state index contributed by atoms with van der Waals surface area (Å²) in [4.78, 5) is 24.3. The molecule has 0 bridgehead atoms. The van der Waals surface area contributed by atoms with Gasteiger partial charge in [0.1, 0.15) is 24.7 Å². The molecule has 1 aliphatic rings. The Hall–Kier alpha value is -4.00. The lowest BCUT2D eigenvalue weighted by atomic mass is 10.2. The number of ether oxygens (including phenoxy) is 4. The van der Waals surface area contributed by atoms with Gasteiger partial charge in [-0.3, -0.25) is 4.79 Å². The van der Waals surface area contributed by atoms with Crippen molar-refractivity contribution < 1.29 is 28.5 Å². The molecule has 0 saturated heterocycles. The molecular weight excluding hydrogens is 386 g/mol. The van der Waals surface area contributed by atoms with Crippen molar-refractivity contribution >= 4 is 17.6 Å². The molecule has 0 fully saturated rings. The lowest BCUT2D eigenvalue weighted by Gasteiger charge is -2.18. The van der Waals surface area contributed by atoms with Crippen LogP contribution in [-0.4, -0.2) is 31.7 Å². The largest absolute Gasteiger partial charge is 0.486 e. The molecule has 1 N–H and O–H groups in total. The van der Waals surface area contributed by atoms with Crippen LogP contribution in [0.15, 0.2) is 72.8 Å². The van der Waals surface area contributed by atoms with Gasteiger partial charge in [0.15, 0.2) is 18.1 Å². The van der Waals surface area contributed by atoms with Crippen molar-refractivity contribution in [3.8, 4) is 23.0 Å². The second-order valence-electron chi connectivity index (χ2n) is 6.42. The summed E-state index contributed by atoms with van der Waals surface area (Å²) < 4.78 is 21.6. The Morgan fingerprint density at radius 1 is 0.833 bits per heavy atom. The van der Waals surface area contributed by atoms with E-state index in [1.54, 1.807) is 42.5 Å². The number of carbonyl (C=O) groups is 2. The number of rotatable bonds is 6. The highest BCUT2D eigenvalue weighted by molar-refractivity contribution is 5.95. The summed E-state index contributed by atoms with van der Waals surface area (Å²) in [5.41, 5.74) is 0.852. The highest BCUT2D eigenvalue weighted by Crippen LogP contribution is 2.31. The van der Waals surface area contributed by atoms with Gasteiger partial charge < -0.3 is 24.3 Å². The molecule has 1 amide bonds. The molecule has 0 saturated carbocycles. The first-order valence-corrected chi connectivity index (χ1v) is 9.37. The van der Waals surface area contributed by atoms with Crippen molar-refractivity contribution in [3.63, 3.8) is 0 Å². The molecule has 0 aromatic heterocycles. The molecule has 7 nitrogen and oxygen atoms in total. The maximum Gasteiger partial charge on any atom is 0.338 e. The van der Waals surface area contributed by atoms with Crippen molar-refractivity contribution in [2.24, 2.45) is 0 Å². The van der Waals surface area contributed by atoms with E-state index in [0.29, 0.717) is 36.1 Å². The fraction of sp³-hybridized carbons (Fsp3) is 0.130. The second-order valence-corrected chi connectivity index (χ2v) is 6.42. The molecule has 1 aliphatic heterocycles. The molecule has 7 heteroatoms. The number of anilines is 1. The molecule has 30 heavy (non-hydrogen) atoms. The Labute approximate surface area is 173 Å². The van der Waals surface area contributed by atoms with E-state index in [9.17, 15) is 9.59 Å². The molecule has 0 unspecified atom stereocenters. The standard InChI is InChI=1S/C23H19NO6/c25-22(15-29-23(26)16-6-11-20-21(14-16)28-13-12-27-20)24-17-7-9-19(10-8-17)30-18-4-2-1-3-5-18/h1-11,14H,12-13,15H2,(H,24,25). The van der Waals surface area contributed by atoms with Gasteiger partial charge in [0.25, 0.3) is 5.91 Å². The summed E-state index contributed by atoms with van der Waals surface area (Å²) >= 11 is 0. The predicted octanol–water partition coefficient (Wildman–Crippen LogP) is 4.05. The molecule has 1 heterocycles. The average molecular weight is 405 g/mol. The number of amides is 1. The van der Waals surface area contributed by atoms with Crippen molar-refractivity contribution in [2.45, 2.75) is 0 Å². The monoisotopic (exact) mass is 405 g/mol. The maximum absolute atomic E-state index is 12.2. The van der Waals surface area contributed by atoms with Gasteiger partial charge in [-0.1, -0.05) is 18.2 Å². The SMILES string of the molecule is O=C(COC(=O)c1ccc2c(c1)OCCO2)Nc1ccc(Oc2ccccc2)cc1. The number of fused-ring (bicyclic) bond motifs is 1. The van der Waals surface area contributed by atoms with E-state index in [1.807, 2.05) is 30.3 Å². The summed E-state index contributed by atoms with van der Waals surface area (Å²) in [5.74, 6) is 1.36. The van der Waals surface area contributed by atoms with Gasteiger partial charge in [-0.05, 0) is 54.6 Å². The van der Waals surface area contributed by atoms with Crippen LogP contribution in [0, 0.1) is 0 Å². The number of esters is 1. The van der Waals surface area contributed by atoms with Crippen LogP contribution in [-0.2, 0) is 9.53 Å². The lowest BCUT2D eigenvalue weighted by Crippen LogP contribution is -2.21. The zero-order valence-corrected chi connectivity index (χ0v) is 16.0. The second kappa shape index (κ2) is 9.00. The smallest absolute Gasteiger partial charge is 0.338 e. The van der Waals surface area contributed by atoms with Crippen LogP contribution in [0.25, 0.3) is 0 Å². The van der Waals surface area contributed by atoms with Crippen LogP contribution in [0.3, 0.4) is 0 Å². The average Bonchev–Trinajstić information content (AvgIpc) is 2.79. The molecule has 152 valence electrons. The minimum absolute atomic E-state index is 0.287. The van der Waals surface area contributed by atoms with Crippen LogP contribution >= 0.6 is 0 Å². The third-order valence-electron chi connectivity index (χ3n) is 4.23. The molecule has 3 aromatic carbocycles. The summed E-state index contributed by atoms with van der Waals surface area (Å²) in [6, 6.07) is 21.0. The third-order valence-corrected chi connectivity index (χ3v) is 4.23. The summed E-state index contributed by atoms with van der Waals surface area (Å²) in [6.45, 7) is 0.481. The number of benzene rings is 3. The van der Waals surface area contributed by atoms with Gasteiger partial charge in [0.05, 0.1) is 5.56 Å². The Balaban J connectivity index is 1.28. The summed E-state index contributed by atoms with van der Waals surface area (Å²) in [5, 5.41) is 2.67. The van der Waals surface area contributed by atoms with Gasteiger partial charge >= 0.3 is 5.97 Å². The molecule has 4 rings (SSSR count). The number of para-hydroxylation sites is 1. The Kier molecular flexibility index (Phi) is 5.80. The van der Waals surface area contributed by atoms with E-state index >= 15 is 0 Å². The molecule has 0 spiro atoms. The minimum Gasteiger partial charge on any atom is -0.486 e. The van der Waals surface area contributed by atoms with Crippen LogP contribution in [0.2, 0.25) is 0 Å². The minimum atomic E-state index is -0.617. The molecule has 0 aliphatic carbocycles. The Morgan fingerprint density at radius 3 is 2.30 bits per heavy atom. The highest BCUT2D eigenvalue weighted by atomic mass is 16.6. The first-order valence-electron chi connectivity index (χ1n) is 9.37. The zero-order valence-electron chi connectivity index (χ0n) is 16.0. The number of carbonyl (C=O) groups excluding carboxylic acids is 2. The van der Waals surface area contributed by atoms with E-state index in [0.717, 1.165) is 5.75 Å². The van der Waals surface area contributed by atoms with E-state index in [1.165, 1.54) is 0 Å². The van der Waals surface area contributed by atoms with Gasteiger partial charge in [-0.15, -0.1) is 0 Å². The Bertz CT molecular complexity index is 1030. The van der Waals surface area contributed by atoms with Gasteiger partial charge in [-0.25, -0.2) is 4.79 Å². The maximum atomic E-state index is 12.2. The Morgan fingerprint density at radius 2 is 1.53 bits per heavy atom. The van der Waals surface area contributed by atoms with Crippen LogP contribution in [0.5, 0.6) is 23.0 Å². The van der Waals surface area contributed by atoms with E-state index < -0.39 is 18.5 Å². The zero-order chi connectivity index (χ0) is 20.8. The van der Waals surface area contributed by atoms with Crippen LogP contribution in [0.4, 0.5) is 5.69 Å². The van der Waals surface area contributed by atoms with Crippen molar-refractivity contribution in [1.29, 1.82) is 0 Å². The topological polar surface area (TPSA) is 83.1 Å². The molecule has 3 aromatic rings. The summed E-state index contributed by atoms with van der Waals surface area (Å²) in [7, 11) is 0. The van der Waals surface area contributed by atoms with E-state index in [2.05, 4.69) is 5.32 Å². The van der Waals surface area contributed by atoms with E-state index in [-0.39, 0.29) is 5.56 Å². The van der Waals surface area contributed by atoms with Gasteiger partial charge in [0, 0.05) is 5.69 Å². The molecule has 0 radical (unpaired) electrons. The van der Waals surface area contributed by atoms with Crippen LogP contribution < -0.4 is 19.5 Å². The number of hydrogen-bond donors (Lipinski definition) is 1. The normalized spacial score (nSPS) is 12.0. The first kappa shape index (κ1) is 19.3. The number of hydrogen-bond acceptors (Lipinski definition) is 6. The fourth-order valence-electron chi connectivity index (χ4n) is 2.81. The fourth-order valence-corrected chi connectivity index (χ4v) is 2.81. The van der Waals surface area contributed by atoms with E-state index in [4.69, 9.17) is 18.9 Å². The van der Waals surface area contributed by atoms with Crippen molar-refractivity contribution in [1.82, 2.24) is 0 Å². The quantitative estimate of drug-likeness (QED) is 0.623. The third kappa shape index (κ3) is 4.88. The summed E-state index contributed by atoms with van der Waals surface area (Å²) in [6.07, 6.45) is 0. The number of nitrogens with one attached hydrogen (secondary N) is 1. The predicted molar refractivity (Wildman–Crippen MR) is 109 cm³/mol. The van der Waals surface area contributed by atoms with Gasteiger partial charge in [-0.2, -0.15) is 0 Å². The van der Waals surface area contributed by atoms with Crippen molar-refractivity contribution in [2.75, 3.05) is 25.1 Å². The highest BCUT2D eigenvalue weighted by Gasteiger charge is 2.16.